The number of nitrogens with zero attached hydrogens (tertiary/aromatic N) is 2. The Balaban J connectivity index is 1.44. The van der Waals surface area contributed by atoms with Gasteiger partial charge in [0.25, 0.3) is 5.56 Å². The van der Waals surface area contributed by atoms with Crippen LogP contribution in [0.2, 0.25) is 0 Å². The molecule has 0 fully saturated rings. The van der Waals surface area contributed by atoms with Crippen molar-refractivity contribution in [2.45, 2.75) is 38.3 Å². The van der Waals surface area contributed by atoms with Crippen LogP contribution in [0.3, 0.4) is 0 Å². The van der Waals surface area contributed by atoms with E-state index in [2.05, 4.69) is 11.9 Å². The lowest BCUT2D eigenvalue weighted by molar-refractivity contribution is 0.102. The van der Waals surface area contributed by atoms with Crippen LogP contribution in [-0.4, -0.2) is 26.1 Å². The number of ketones is 1. The molecule has 5 nitrogen and oxygen atoms in total. The van der Waals surface area contributed by atoms with Crippen LogP contribution in [0.25, 0.3) is 26.8 Å². The summed E-state index contributed by atoms with van der Waals surface area (Å²) in [7, 11) is 0. The van der Waals surface area contributed by atoms with Crippen LogP contribution in [0, 0.1) is 12.8 Å². The first-order valence-corrected chi connectivity index (χ1v) is 13.7. The summed E-state index contributed by atoms with van der Waals surface area (Å²) in [4.78, 5) is 37.6. The molecule has 0 amide bonds. The van der Waals surface area contributed by atoms with Crippen molar-refractivity contribution in [1.29, 1.82) is 0 Å². The third kappa shape index (κ3) is 3.83. The number of rotatable bonds is 5. The number of Topliss-reactive ketones (excluding diaryl/α,β-unsaturated/α-hetero) is 1. The molecule has 3 heterocycles. The molecule has 0 saturated heterocycles. The van der Waals surface area contributed by atoms with Gasteiger partial charge in [-0.1, -0.05) is 55.1 Å². The molecular weight excluding hydrogens is 474 g/mol. The number of carbonyl (C=O) groups is 1. The molecular formula is C28H25N3O2S2. The number of nitrogens with one attached hydrogen (secondary N) is 1. The molecule has 0 saturated carbocycles. The Morgan fingerprint density at radius 3 is 2.77 bits per heavy atom. The summed E-state index contributed by atoms with van der Waals surface area (Å²) in [5.74, 6) is 0.853. The number of hydrogen-bond acceptors (Lipinski definition) is 5. The van der Waals surface area contributed by atoms with Crippen LogP contribution in [0.15, 0.2) is 64.5 Å². The van der Waals surface area contributed by atoms with E-state index in [0.29, 0.717) is 16.6 Å². The second-order valence-corrected chi connectivity index (χ2v) is 11.3. The van der Waals surface area contributed by atoms with Crippen LogP contribution >= 0.6 is 23.1 Å². The predicted octanol–water partition coefficient (Wildman–Crippen LogP) is 6.34. The van der Waals surface area contributed by atoms with E-state index in [-0.39, 0.29) is 17.1 Å². The van der Waals surface area contributed by atoms with Crippen molar-refractivity contribution in [3.05, 3.63) is 86.6 Å². The van der Waals surface area contributed by atoms with Gasteiger partial charge in [0.15, 0.2) is 10.9 Å². The number of fused-ring (bicyclic) bond motifs is 4. The summed E-state index contributed by atoms with van der Waals surface area (Å²) in [6.45, 7) is 4.20. The molecule has 176 valence electrons. The highest BCUT2D eigenvalue weighted by Gasteiger charge is 2.26. The fourth-order valence-corrected chi connectivity index (χ4v) is 7.42. The van der Waals surface area contributed by atoms with Gasteiger partial charge in [0, 0.05) is 27.0 Å². The molecule has 1 aliphatic carbocycles. The minimum atomic E-state index is -0.0357. The summed E-state index contributed by atoms with van der Waals surface area (Å²) in [6, 6.07) is 17.5. The summed E-state index contributed by atoms with van der Waals surface area (Å²) in [5, 5.41) is 2.25. The maximum atomic E-state index is 13.9. The third-order valence-electron chi connectivity index (χ3n) is 6.82. The van der Waals surface area contributed by atoms with Crippen molar-refractivity contribution < 1.29 is 4.79 Å². The number of aromatic nitrogens is 3. The number of para-hydroxylation sites is 2. The highest BCUT2D eigenvalue weighted by atomic mass is 32.2. The number of aromatic amines is 1. The van der Waals surface area contributed by atoms with Crippen LogP contribution in [-0.2, 0) is 12.8 Å². The smallest absolute Gasteiger partial charge is 0.267 e. The van der Waals surface area contributed by atoms with Gasteiger partial charge in [-0.2, -0.15) is 0 Å². The normalized spacial score (nSPS) is 15.5. The SMILES string of the molecule is Cc1[nH]c2ccccc2c1C(=O)CSc1nc2sc3c(c2c(=O)n1-c1ccccc1)CC[C@@H](C)C3. The zero-order chi connectivity index (χ0) is 24.1. The second kappa shape index (κ2) is 8.81. The molecule has 6 rings (SSSR count). The summed E-state index contributed by atoms with van der Waals surface area (Å²) < 4.78 is 1.69. The maximum absolute atomic E-state index is 13.9. The third-order valence-corrected chi connectivity index (χ3v) is 8.90. The quantitative estimate of drug-likeness (QED) is 0.174. The van der Waals surface area contributed by atoms with Gasteiger partial charge in [-0.3, -0.25) is 14.2 Å². The largest absolute Gasteiger partial charge is 0.358 e. The number of thiophene rings is 1. The lowest BCUT2D eigenvalue weighted by atomic mass is 9.89. The minimum absolute atomic E-state index is 0.0261. The molecule has 1 N–H and O–H groups in total. The van der Waals surface area contributed by atoms with Crippen molar-refractivity contribution in [3.8, 4) is 5.69 Å². The fourth-order valence-electron chi connectivity index (χ4n) is 5.11. The molecule has 0 unspecified atom stereocenters. The number of hydrogen-bond donors (Lipinski definition) is 1. The number of thioether (sulfide) groups is 1. The standard InChI is InChI=1S/C28H25N3O2S2/c1-16-12-13-20-23(14-16)35-26-25(20)27(33)31(18-8-4-3-5-9-18)28(30-26)34-15-22(32)24-17(2)29-21-11-7-6-10-19(21)24/h3-11,16,29H,12-15H2,1-2H3/t16-/m1/s1. The van der Waals surface area contributed by atoms with Crippen LogP contribution in [0.4, 0.5) is 0 Å². The van der Waals surface area contributed by atoms with Gasteiger partial charge in [0.1, 0.15) is 4.83 Å². The molecule has 0 spiro atoms. The van der Waals surface area contributed by atoms with Gasteiger partial charge >= 0.3 is 0 Å². The van der Waals surface area contributed by atoms with Crippen LogP contribution in [0.1, 0.15) is 39.8 Å². The zero-order valence-electron chi connectivity index (χ0n) is 19.6. The second-order valence-electron chi connectivity index (χ2n) is 9.28. The van der Waals surface area contributed by atoms with E-state index in [1.807, 2.05) is 61.5 Å². The Kier molecular flexibility index (Phi) is 5.61. The number of benzene rings is 2. The molecule has 1 aliphatic rings. The van der Waals surface area contributed by atoms with E-state index in [1.54, 1.807) is 15.9 Å². The van der Waals surface area contributed by atoms with E-state index >= 15 is 0 Å². The highest BCUT2D eigenvalue weighted by molar-refractivity contribution is 7.99. The lowest BCUT2D eigenvalue weighted by Crippen LogP contribution is -2.23. The molecule has 5 aromatic rings. The first-order valence-electron chi connectivity index (χ1n) is 11.9. The Morgan fingerprint density at radius 2 is 1.94 bits per heavy atom. The average molecular weight is 500 g/mol. The summed E-state index contributed by atoms with van der Waals surface area (Å²) >= 11 is 2.98. The number of H-pyrrole nitrogens is 1. The van der Waals surface area contributed by atoms with E-state index in [1.165, 1.54) is 22.2 Å². The molecule has 2 aromatic carbocycles. The first kappa shape index (κ1) is 22.3. The van der Waals surface area contributed by atoms with Crippen LogP contribution in [0.5, 0.6) is 0 Å². The minimum Gasteiger partial charge on any atom is -0.358 e. The Hall–Kier alpha value is -3.16. The summed E-state index contributed by atoms with van der Waals surface area (Å²) in [6.07, 6.45) is 3.02. The maximum Gasteiger partial charge on any atom is 0.267 e. The number of aryl methyl sites for hydroxylation is 2. The molecule has 35 heavy (non-hydrogen) atoms. The molecule has 0 bridgehead atoms. The Morgan fingerprint density at radius 1 is 1.17 bits per heavy atom. The highest BCUT2D eigenvalue weighted by Crippen LogP contribution is 2.37. The van der Waals surface area contributed by atoms with E-state index in [0.717, 1.165) is 51.8 Å². The van der Waals surface area contributed by atoms with E-state index in [4.69, 9.17) is 4.98 Å². The fraction of sp³-hybridized carbons (Fsp3) is 0.250. The molecule has 1 atom stereocenters. The van der Waals surface area contributed by atoms with Crippen molar-refractivity contribution in [2.75, 3.05) is 5.75 Å². The van der Waals surface area contributed by atoms with Crippen molar-refractivity contribution in [2.24, 2.45) is 5.92 Å². The van der Waals surface area contributed by atoms with Crippen molar-refractivity contribution in [3.63, 3.8) is 0 Å². The van der Waals surface area contributed by atoms with E-state index < -0.39 is 0 Å². The number of carbonyl (C=O) groups excluding carboxylic acids is 1. The topological polar surface area (TPSA) is 67.8 Å². The Labute approximate surface area is 211 Å². The van der Waals surface area contributed by atoms with Gasteiger partial charge in [-0.15, -0.1) is 11.3 Å². The van der Waals surface area contributed by atoms with Gasteiger partial charge < -0.3 is 4.98 Å². The molecule has 0 aliphatic heterocycles. The van der Waals surface area contributed by atoms with Gasteiger partial charge in [-0.25, -0.2) is 4.98 Å². The summed E-state index contributed by atoms with van der Waals surface area (Å²) in [5.41, 5.74) is 4.44. The predicted molar refractivity (Wildman–Crippen MR) is 144 cm³/mol. The zero-order valence-corrected chi connectivity index (χ0v) is 21.3. The van der Waals surface area contributed by atoms with Gasteiger partial charge in [-0.05, 0) is 55.9 Å². The van der Waals surface area contributed by atoms with Crippen molar-refractivity contribution >= 4 is 50.0 Å². The lowest BCUT2D eigenvalue weighted by Gasteiger charge is -2.17. The average Bonchev–Trinajstić information content (AvgIpc) is 3.39. The van der Waals surface area contributed by atoms with E-state index in [9.17, 15) is 9.59 Å². The molecule has 0 radical (unpaired) electrons. The first-order chi connectivity index (χ1) is 17.0. The molecule has 3 aromatic heterocycles. The van der Waals surface area contributed by atoms with Crippen molar-refractivity contribution in [1.82, 2.24) is 14.5 Å². The van der Waals surface area contributed by atoms with Crippen LogP contribution < -0.4 is 5.56 Å². The monoisotopic (exact) mass is 499 g/mol. The Bertz CT molecular complexity index is 1650. The molecule has 7 heteroatoms. The van der Waals surface area contributed by atoms with Gasteiger partial charge in [0.05, 0.1) is 16.8 Å². The van der Waals surface area contributed by atoms with Gasteiger partial charge in [0.2, 0.25) is 0 Å².